The third-order valence-corrected chi connectivity index (χ3v) is 3.88. The summed E-state index contributed by atoms with van der Waals surface area (Å²) < 4.78 is 0. The summed E-state index contributed by atoms with van der Waals surface area (Å²) in [5.74, 6) is 0.669. The number of hydrogen-bond donors (Lipinski definition) is 1. The lowest BCUT2D eigenvalue weighted by atomic mass is 9.67. The van der Waals surface area contributed by atoms with Crippen LogP contribution in [0.2, 0.25) is 0 Å². The maximum atomic E-state index is 4.38. The minimum Gasteiger partial charge on any atom is -0.352 e. The number of hydrogen-bond acceptors (Lipinski definition) is 4. The number of aromatic nitrogens is 3. The third-order valence-electron chi connectivity index (χ3n) is 3.88. The molecule has 0 amide bonds. The molecule has 0 saturated heterocycles. The van der Waals surface area contributed by atoms with E-state index >= 15 is 0 Å². The van der Waals surface area contributed by atoms with E-state index in [0.717, 1.165) is 17.9 Å². The second-order valence-electron chi connectivity index (χ2n) is 4.87. The van der Waals surface area contributed by atoms with E-state index in [-0.39, 0.29) is 0 Å². The van der Waals surface area contributed by atoms with E-state index in [0.29, 0.717) is 11.4 Å². The summed E-state index contributed by atoms with van der Waals surface area (Å²) >= 11 is 0. The van der Waals surface area contributed by atoms with Gasteiger partial charge in [-0.3, -0.25) is 0 Å². The molecular weight excluding hydrogens is 200 g/mol. The molecule has 0 radical (unpaired) electrons. The molecule has 2 rings (SSSR count). The van der Waals surface area contributed by atoms with Gasteiger partial charge < -0.3 is 5.32 Å². The Labute approximate surface area is 96.9 Å². The summed E-state index contributed by atoms with van der Waals surface area (Å²) in [6, 6.07) is 0. The Bertz CT molecular complexity index is 366. The predicted octanol–water partition coefficient (Wildman–Crippen LogP) is 2.48. The Morgan fingerprint density at radius 2 is 1.94 bits per heavy atom. The molecule has 1 saturated carbocycles. The fourth-order valence-corrected chi connectivity index (χ4v) is 2.13. The van der Waals surface area contributed by atoms with Crippen molar-refractivity contribution in [3.63, 3.8) is 0 Å². The molecule has 0 atom stereocenters. The van der Waals surface area contributed by atoms with Crippen LogP contribution in [-0.4, -0.2) is 21.7 Å². The minimum atomic E-state index is 0.488. The summed E-state index contributed by atoms with van der Waals surface area (Å²) in [6.07, 6.45) is 5.25. The molecule has 0 aliphatic heterocycles. The zero-order valence-corrected chi connectivity index (χ0v) is 10.4. The quantitative estimate of drug-likeness (QED) is 0.847. The van der Waals surface area contributed by atoms with Crippen LogP contribution in [0.4, 0.5) is 5.95 Å². The minimum absolute atomic E-state index is 0.488. The van der Waals surface area contributed by atoms with E-state index < -0.39 is 0 Å². The highest BCUT2D eigenvalue weighted by Crippen LogP contribution is 2.43. The van der Waals surface area contributed by atoms with Gasteiger partial charge in [0.15, 0.2) is 0 Å². The van der Waals surface area contributed by atoms with Gasteiger partial charge in [0.05, 0.1) is 11.4 Å². The van der Waals surface area contributed by atoms with E-state index in [1.807, 2.05) is 13.8 Å². The molecular formula is C12H20N4. The van der Waals surface area contributed by atoms with Gasteiger partial charge in [0, 0.05) is 6.54 Å². The number of rotatable bonds is 4. The summed E-state index contributed by atoms with van der Waals surface area (Å²) in [5.41, 5.74) is 2.35. The van der Waals surface area contributed by atoms with Crippen molar-refractivity contribution >= 4 is 5.95 Å². The molecule has 0 unspecified atom stereocenters. The number of aryl methyl sites for hydroxylation is 2. The maximum absolute atomic E-state index is 4.38. The van der Waals surface area contributed by atoms with Gasteiger partial charge in [-0.2, -0.15) is 5.10 Å². The fraction of sp³-hybridized carbons (Fsp3) is 0.750. The normalized spacial score (nSPS) is 17.9. The van der Waals surface area contributed by atoms with Crippen LogP contribution in [0.15, 0.2) is 0 Å². The van der Waals surface area contributed by atoms with Crippen molar-refractivity contribution in [3.8, 4) is 0 Å². The average molecular weight is 220 g/mol. The lowest BCUT2D eigenvalue weighted by Gasteiger charge is -2.41. The lowest BCUT2D eigenvalue weighted by molar-refractivity contribution is 0.144. The van der Waals surface area contributed by atoms with Crippen molar-refractivity contribution in [3.05, 3.63) is 11.4 Å². The smallest absolute Gasteiger partial charge is 0.242 e. The van der Waals surface area contributed by atoms with Crippen LogP contribution < -0.4 is 5.32 Å². The van der Waals surface area contributed by atoms with E-state index in [1.165, 1.54) is 25.7 Å². The van der Waals surface area contributed by atoms with Crippen molar-refractivity contribution in [2.45, 2.75) is 46.5 Å². The lowest BCUT2D eigenvalue weighted by Crippen LogP contribution is -2.36. The van der Waals surface area contributed by atoms with Gasteiger partial charge in [-0.15, -0.1) is 5.10 Å². The van der Waals surface area contributed by atoms with Gasteiger partial charge in [0.25, 0.3) is 0 Å². The van der Waals surface area contributed by atoms with Crippen LogP contribution >= 0.6 is 0 Å². The van der Waals surface area contributed by atoms with Crippen LogP contribution in [-0.2, 0) is 0 Å². The molecule has 4 nitrogen and oxygen atoms in total. The van der Waals surface area contributed by atoms with Crippen molar-refractivity contribution in [1.82, 2.24) is 15.2 Å². The van der Waals surface area contributed by atoms with Crippen LogP contribution in [0, 0.1) is 19.3 Å². The molecule has 16 heavy (non-hydrogen) atoms. The molecule has 88 valence electrons. The first kappa shape index (κ1) is 11.3. The summed E-state index contributed by atoms with van der Waals surface area (Å²) in [4.78, 5) is 4.38. The molecule has 4 heteroatoms. The van der Waals surface area contributed by atoms with E-state index in [1.54, 1.807) is 0 Å². The molecule has 1 heterocycles. The number of anilines is 1. The van der Waals surface area contributed by atoms with E-state index in [2.05, 4.69) is 27.4 Å². The van der Waals surface area contributed by atoms with Crippen molar-refractivity contribution in [1.29, 1.82) is 0 Å². The standard InChI is InChI=1S/C12H20N4/c1-4-12(6-5-7-12)8-13-11-14-9(2)10(3)15-16-11/h4-8H2,1-3H3,(H,13,14,16). The maximum Gasteiger partial charge on any atom is 0.242 e. The third kappa shape index (κ3) is 2.15. The summed E-state index contributed by atoms with van der Waals surface area (Å²) in [6.45, 7) is 7.14. The Balaban J connectivity index is 1.96. The van der Waals surface area contributed by atoms with Gasteiger partial charge in [-0.25, -0.2) is 4.98 Å². The van der Waals surface area contributed by atoms with Gasteiger partial charge in [0.1, 0.15) is 0 Å². The Morgan fingerprint density at radius 3 is 2.44 bits per heavy atom. The van der Waals surface area contributed by atoms with Crippen LogP contribution in [0.5, 0.6) is 0 Å². The molecule has 1 aliphatic rings. The molecule has 1 N–H and O–H groups in total. The first-order valence-corrected chi connectivity index (χ1v) is 6.07. The van der Waals surface area contributed by atoms with Crippen molar-refractivity contribution in [2.75, 3.05) is 11.9 Å². The molecule has 0 aromatic carbocycles. The number of nitrogens with zero attached hydrogens (tertiary/aromatic N) is 3. The van der Waals surface area contributed by atoms with Crippen molar-refractivity contribution in [2.24, 2.45) is 5.41 Å². The Hall–Kier alpha value is -1.19. The number of nitrogens with one attached hydrogen (secondary N) is 1. The van der Waals surface area contributed by atoms with Crippen molar-refractivity contribution < 1.29 is 0 Å². The first-order chi connectivity index (χ1) is 7.65. The topological polar surface area (TPSA) is 50.7 Å². The van der Waals surface area contributed by atoms with Gasteiger partial charge in [-0.1, -0.05) is 13.3 Å². The van der Waals surface area contributed by atoms with Crippen LogP contribution in [0.1, 0.15) is 44.0 Å². The first-order valence-electron chi connectivity index (χ1n) is 6.07. The molecule has 0 bridgehead atoms. The molecule has 1 aromatic rings. The molecule has 0 spiro atoms. The van der Waals surface area contributed by atoms with E-state index in [4.69, 9.17) is 0 Å². The van der Waals surface area contributed by atoms with Crippen LogP contribution in [0.3, 0.4) is 0 Å². The summed E-state index contributed by atoms with van der Waals surface area (Å²) in [7, 11) is 0. The monoisotopic (exact) mass is 220 g/mol. The molecule has 1 aromatic heterocycles. The zero-order chi connectivity index (χ0) is 11.6. The second-order valence-corrected chi connectivity index (χ2v) is 4.87. The second kappa shape index (κ2) is 4.36. The highest BCUT2D eigenvalue weighted by Gasteiger charge is 2.34. The van der Waals surface area contributed by atoms with Gasteiger partial charge >= 0.3 is 0 Å². The van der Waals surface area contributed by atoms with E-state index in [9.17, 15) is 0 Å². The SMILES string of the molecule is CCC1(CNc2nnc(C)c(C)n2)CCC1. The molecule has 1 aliphatic carbocycles. The average Bonchev–Trinajstić information content (AvgIpc) is 2.22. The Morgan fingerprint density at radius 1 is 1.19 bits per heavy atom. The largest absolute Gasteiger partial charge is 0.352 e. The highest BCUT2D eigenvalue weighted by molar-refractivity contribution is 5.25. The predicted molar refractivity (Wildman–Crippen MR) is 64.4 cm³/mol. The zero-order valence-electron chi connectivity index (χ0n) is 10.4. The Kier molecular flexibility index (Phi) is 3.08. The van der Waals surface area contributed by atoms with Crippen LogP contribution in [0.25, 0.3) is 0 Å². The van der Waals surface area contributed by atoms with Gasteiger partial charge in [0.2, 0.25) is 5.95 Å². The van der Waals surface area contributed by atoms with Gasteiger partial charge in [-0.05, 0) is 38.5 Å². The highest BCUT2D eigenvalue weighted by atomic mass is 15.2. The molecule has 1 fully saturated rings. The fourth-order valence-electron chi connectivity index (χ4n) is 2.13. The summed E-state index contributed by atoms with van der Waals surface area (Å²) in [5, 5.41) is 11.5.